The van der Waals surface area contributed by atoms with E-state index < -0.39 is 0 Å². The van der Waals surface area contributed by atoms with E-state index in [1.807, 2.05) is 19.1 Å². The standard InChI is InChI=1S/C15H17FN2O/c1-11(17)14-5-4-13(16)9-15(14)19-8-6-12-3-2-7-18-10-12/h2-5,7,9-11H,6,8,17H2,1H3. The molecule has 1 aromatic heterocycles. The van der Waals surface area contributed by atoms with Gasteiger partial charge in [-0.15, -0.1) is 0 Å². The summed E-state index contributed by atoms with van der Waals surface area (Å²) >= 11 is 0. The van der Waals surface area contributed by atoms with E-state index in [0.717, 1.165) is 17.5 Å². The van der Waals surface area contributed by atoms with Crippen molar-refractivity contribution in [3.8, 4) is 5.75 Å². The maximum Gasteiger partial charge on any atom is 0.126 e. The molecule has 0 aliphatic rings. The molecule has 3 nitrogen and oxygen atoms in total. The van der Waals surface area contributed by atoms with E-state index in [-0.39, 0.29) is 11.9 Å². The number of nitrogens with two attached hydrogens (primary N) is 1. The first kappa shape index (κ1) is 13.5. The van der Waals surface area contributed by atoms with Crippen molar-refractivity contribution >= 4 is 0 Å². The predicted molar refractivity (Wildman–Crippen MR) is 72.4 cm³/mol. The van der Waals surface area contributed by atoms with Crippen molar-refractivity contribution in [2.75, 3.05) is 6.61 Å². The van der Waals surface area contributed by atoms with Gasteiger partial charge >= 0.3 is 0 Å². The third kappa shape index (κ3) is 3.76. The van der Waals surface area contributed by atoms with E-state index in [9.17, 15) is 4.39 Å². The van der Waals surface area contributed by atoms with Crippen LogP contribution in [0.3, 0.4) is 0 Å². The molecular formula is C15H17FN2O. The van der Waals surface area contributed by atoms with Crippen molar-refractivity contribution in [2.45, 2.75) is 19.4 Å². The minimum Gasteiger partial charge on any atom is -0.493 e. The van der Waals surface area contributed by atoms with Gasteiger partial charge in [-0.2, -0.15) is 0 Å². The molecule has 0 spiro atoms. The molecule has 0 fully saturated rings. The van der Waals surface area contributed by atoms with Gasteiger partial charge in [-0.25, -0.2) is 4.39 Å². The summed E-state index contributed by atoms with van der Waals surface area (Å²) < 4.78 is 18.9. The third-order valence-corrected chi connectivity index (χ3v) is 2.84. The molecule has 0 bridgehead atoms. The Morgan fingerprint density at radius 3 is 2.89 bits per heavy atom. The normalized spacial score (nSPS) is 12.2. The van der Waals surface area contributed by atoms with Crippen LogP contribution in [0.25, 0.3) is 0 Å². The van der Waals surface area contributed by atoms with Crippen LogP contribution in [0.2, 0.25) is 0 Å². The molecule has 1 atom stereocenters. The van der Waals surface area contributed by atoms with E-state index >= 15 is 0 Å². The number of nitrogens with zero attached hydrogens (tertiary/aromatic N) is 1. The molecule has 1 aromatic carbocycles. The quantitative estimate of drug-likeness (QED) is 0.899. The Balaban J connectivity index is 2.01. The number of benzene rings is 1. The topological polar surface area (TPSA) is 48.1 Å². The smallest absolute Gasteiger partial charge is 0.126 e. The first-order valence-electron chi connectivity index (χ1n) is 6.23. The average molecular weight is 260 g/mol. The zero-order chi connectivity index (χ0) is 13.7. The monoisotopic (exact) mass is 260 g/mol. The second-order valence-electron chi connectivity index (χ2n) is 4.43. The summed E-state index contributed by atoms with van der Waals surface area (Å²) in [5.74, 6) is 0.194. The highest BCUT2D eigenvalue weighted by atomic mass is 19.1. The number of hydrogen-bond donors (Lipinski definition) is 1. The first-order valence-corrected chi connectivity index (χ1v) is 6.23. The Kier molecular flexibility index (Phi) is 4.47. The molecule has 1 heterocycles. The fourth-order valence-electron chi connectivity index (χ4n) is 1.83. The fraction of sp³-hybridized carbons (Fsp3) is 0.267. The summed E-state index contributed by atoms with van der Waals surface area (Å²) in [6.45, 7) is 2.32. The lowest BCUT2D eigenvalue weighted by molar-refractivity contribution is 0.315. The maximum atomic E-state index is 13.2. The highest BCUT2D eigenvalue weighted by Gasteiger charge is 2.09. The van der Waals surface area contributed by atoms with Gasteiger partial charge in [0, 0.05) is 36.5 Å². The predicted octanol–water partition coefficient (Wildman–Crippen LogP) is 2.86. The number of ether oxygens (including phenoxy) is 1. The molecule has 0 radical (unpaired) electrons. The van der Waals surface area contributed by atoms with Crippen LogP contribution in [0.15, 0.2) is 42.7 Å². The summed E-state index contributed by atoms with van der Waals surface area (Å²) in [6.07, 6.45) is 4.25. The van der Waals surface area contributed by atoms with E-state index in [2.05, 4.69) is 4.98 Å². The van der Waals surface area contributed by atoms with Crippen molar-refractivity contribution in [2.24, 2.45) is 5.73 Å². The van der Waals surface area contributed by atoms with Crippen LogP contribution in [0, 0.1) is 5.82 Å². The Bertz CT molecular complexity index is 529. The molecular weight excluding hydrogens is 243 g/mol. The summed E-state index contributed by atoms with van der Waals surface area (Å²) in [5.41, 5.74) is 7.73. The summed E-state index contributed by atoms with van der Waals surface area (Å²) in [6, 6.07) is 8.11. The van der Waals surface area contributed by atoms with Gasteiger partial charge in [-0.1, -0.05) is 12.1 Å². The zero-order valence-electron chi connectivity index (χ0n) is 10.8. The minimum absolute atomic E-state index is 0.186. The van der Waals surface area contributed by atoms with Crippen LogP contribution in [0.4, 0.5) is 4.39 Å². The summed E-state index contributed by atoms with van der Waals surface area (Å²) in [5, 5.41) is 0. The van der Waals surface area contributed by atoms with Gasteiger partial charge < -0.3 is 10.5 Å². The van der Waals surface area contributed by atoms with E-state index in [1.54, 1.807) is 18.5 Å². The molecule has 19 heavy (non-hydrogen) atoms. The Labute approximate surface area is 112 Å². The van der Waals surface area contributed by atoms with Crippen LogP contribution >= 0.6 is 0 Å². The average Bonchev–Trinajstić information content (AvgIpc) is 2.39. The maximum absolute atomic E-state index is 13.2. The Morgan fingerprint density at radius 2 is 2.21 bits per heavy atom. The van der Waals surface area contributed by atoms with E-state index in [4.69, 9.17) is 10.5 Å². The lowest BCUT2D eigenvalue weighted by atomic mass is 10.1. The highest BCUT2D eigenvalue weighted by molar-refractivity contribution is 5.36. The number of pyridine rings is 1. The second-order valence-corrected chi connectivity index (χ2v) is 4.43. The fourth-order valence-corrected chi connectivity index (χ4v) is 1.83. The molecule has 2 rings (SSSR count). The zero-order valence-corrected chi connectivity index (χ0v) is 10.8. The third-order valence-electron chi connectivity index (χ3n) is 2.84. The number of hydrogen-bond acceptors (Lipinski definition) is 3. The van der Waals surface area contributed by atoms with Gasteiger partial charge in [0.1, 0.15) is 11.6 Å². The molecule has 2 aromatic rings. The first-order chi connectivity index (χ1) is 9.16. The SMILES string of the molecule is CC(N)c1ccc(F)cc1OCCc1cccnc1. The van der Waals surface area contributed by atoms with Crippen molar-refractivity contribution in [3.05, 3.63) is 59.7 Å². The lowest BCUT2D eigenvalue weighted by Gasteiger charge is -2.14. The summed E-state index contributed by atoms with van der Waals surface area (Å²) in [4.78, 5) is 4.03. The van der Waals surface area contributed by atoms with Crippen LogP contribution in [0.5, 0.6) is 5.75 Å². The van der Waals surface area contributed by atoms with Crippen molar-refractivity contribution in [3.63, 3.8) is 0 Å². The minimum atomic E-state index is -0.319. The van der Waals surface area contributed by atoms with Gasteiger partial charge in [0.15, 0.2) is 0 Å². The molecule has 0 aliphatic carbocycles. The van der Waals surface area contributed by atoms with Crippen LogP contribution in [-0.4, -0.2) is 11.6 Å². The van der Waals surface area contributed by atoms with Gasteiger partial charge in [0.05, 0.1) is 6.61 Å². The molecule has 4 heteroatoms. The number of rotatable bonds is 5. The van der Waals surface area contributed by atoms with Gasteiger partial charge in [0.25, 0.3) is 0 Å². The highest BCUT2D eigenvalue weighted by Crippen LogP contribution is 2.24. The molecule has 2 N–H and O–H groups in total. The lowest BCUT2D eigenvalue weighted by Crippen LogP contribution is -2.10. The van der Waals surface area contributed by atoms with Crippen LogP contribution < -0.4 is 10.5 Å². The Hall–Kier alpha value is -1.94. The van der Waals surface area contributed by atoms with Crippen LogP contribution in [-0.2, 0) is 6.42 Å². The van der Waals surface area contributed by atoms with Gasteiger partial charge in [-0.3, -0.25) is 4.98 Å². The molecule has 0 amide bonds. The van der Waals surface area contributed by atoms with Crippen molar-refractivity contribution in [1.82, 2.24) is 4.98 Å². The van der Waals surface area contributed by atoms with Crippen LogP contribution in [0.1, 0.15) is 24.1 Å². The molecule has 0 saturated heterocycles. The number of aromatic nitrogens is 1. The summed E-state index contributed by atoms with van der Waals surface area (Å²) in [7, 11) is 0. The van der Waals surface area contributed by atoms with Crippen molar-refractivity contribution in [1.29, 1.82) is 0 Å². The van der Waals surface area contributed by atoms with Gasteiger partial charge in [0.2, 0.25) is 0 Å². The molecule has 1 unspecified atom stereocenters. The number of halogens is 1. The second kappa shape index (κ2) is 6.29. The van der Waals surface area contributed by atoms with Gasteiger partial charge in [-0.05, 0) is 24.6 Å². The van der Waals surface area contributed by atoms with Crippen molar-refractivity contribution < 1.29 is 9.13 Å². The van der Waals surface area contributed by atoms with E-state index in [1.165, 1.54) is 12.1 Å². The largest absolute Gasteiger partial charge is 0.493 e. The molecule has 0 saturated carbocycles. The van der Waals surface area contributed by atoms with E-state index in [0.29, 0.717) is 12.4 Å². The Morgan fingerprint density at radius 1 is 1.37 bits per heavy atom. The molecule has 0 aliphatic heterocycles. The molecule has 100 valence electrons.